The van der Waals surface area contributed by atoms with Crippen LogP contribution in [-0.2, 0) is 14.3 Å². The highest BCUT2D eigenvalue weighted by Crippen LogP contribution is 2.24. The van der Waals surface area contributed by atoms with Gasteiger partial charge >= 0.3 is 12.1 Å². The summed E-state index contributed by atoms with van der Waals surface area (Å²) in [4.78, 5) is 35.4. The zero-order valence-corrected chi connectivity index (χ0v) is 11.4. The van der Waals surface area contributed by atoms with Crippen molar-refractivity contribution in [3.8, 4) is 0 Å². The van der Waals surface area contributed by atoms with Crippen molar-refractivity contribution in [2.75, 3.05) is 6.54 Å². The van der Waals surface area contributed by atoms with E-state index in [4.69, 9.17) is 15.6 Å². The molecule has 0 radical (unpaired) electrons. The normalized spacial score (nSPS) is 23.8. The van der Waals surface area contributed by atoms with Gasteiger partial charge in [0.2, 0.25) is 5.91 Å². The van der Waals surface area contributed by atoms with E-state index in [1.54, 1.807) is 20.8 Å². The molecule has 1 fully saturated rings. The van der Waals surface area contributed by atoms with E-state index in [9.17, 15) is 14.4 Å². The van der Waals surface area contributed by atoms with Gasteiger partial charge in [-0.05, 0) is 33.6 Å². The smallest absolute Gasteiger partial charge is 0.411 e. The Bertz CT molecular complexity index is 388. The average Bonchev–Trinajstić information content (AvgIpc) is 2.25. The Morgan fingerprint density at radius 3 is 2.26 bits per heavy atom. The number of hydrogen-bond acceptors (Lipinski definition) is 4. The van der Waals surface area contributed by atoms with Crippen LogP contribution in [0.25, 0.3) is 0 Å². The topological polar surface area (TPSA) is 110 Å². The summed E-state index contributed by atoms with van der Waals surface area (Å²) in [6.07, 6.45) is -0.167. The molecule has 1 aliphatic heterocycles. The van der Waals surface area contributed by atoms with Crippen molar-refractivity contribution in [1.82, 2.24) is 4.90 Å². The molecule has 1 aliphatic rings. The molecule has 19 heavy (non-hydrogen) atoms. The lowest BCUT2D eigenvalue weighted by Gasteiger charge is -2.37. The van der Waals surface area contributed by atoms with E-state index in [1.807, 2.05) is 0 Å². The first-order valence-corrected chi connectivity index (χ1v) is 6.13. The van der Waals surface area contributed by atoms with Gasteiger partial charge in [0.05, 0.1) is 5.92 Å². The van der Waals surface area contributed by atoms with E-state index in [0.29, 0.717) is 6.42 Å². The quantitative estimate of drug-likeness (QED) is 0.763. The van der Waals surface area contributed by atoms with Crippen LogP contribution >= 0.6 is 0 Å². The van der Waals surface area contributed by atoms with Crippen molar-refractivity contribution >= 4 is 18.0 Å². The van der Waals surface area contributed by atoms with Gasteiger partial charge in [0.25, 0.3) is 0 Å². The van der Waals surface area contributed by atoms with Gasteiger partial charge < -0.3 is 15.6 Å². The Hall–Kier alpha value is -1.79. The molecule has 108 valence electrons. The van der Waals surface area contributed by atoms with Crippen LogP contribution in [0.15, 0.2) is 0 Å². The highest BCUT2D eigenvalue weighted by Gasteiger charge is 2.39. The highest BCUT2D eigenvalue weighted by atomic mass is 16.6. The number of carboxylic acids is 1. The lowest BCUT2D eigenvalue weighted by Crippen LogP contribution is -2.54. The number of nitrogens with zero attached hydrogens (tertiary/aromatic N) is 1. The van der Waals surface area contributed by atoms with Crippen LogP contribution in [0.4, 0.5) is 4.79 Å². The number of nitrogens with two attached hydrogens (primary N) is 1. The second kappa shape index (κ2) is 5.46. The van der Waals surface area contributed by atoms with Crippen LogP contribution in [0.5, 0.6) is 0 Å². The number of rotatable bonds is 2. The molecule has 0 bridgehead atoms. The Balaban J connectivity index is 2.85. The minimum Gasteiger partial charge on any atom is -0.480 e. The van der Waals surface area contributed by atoms with Crippen LogP contribution < -0.4 is 5.73 Å². The fraction of sp³-hybridized carbons (Fsp3) is 0.750. The number of aliphatic carboxylic acids is 1. The minimum absolute atomic E-state index is 0.0127. The summed E-state index contributed by atoms with van der Waals surface area (Å²) in [6.45, 7) is 5.06. The van der Waals surface area contributed by atoms with Crippen LogP contribution in [0.3, 0.4) is 0 Å². The largest absolute Gasteiger partial charge is 0.480 e. The molecule has 3 N–H and O–H groups in total. The zero-order chi connectivity index (χ0) is 14.8. The van der Waals surface area contributed by atoms with Crippen molar-refractivity contribution in [1.29, 1.82) is 0 Å². The lowest BCUT2D eigenvalue weighted by atomic mass is 9.92. The first kappa shape index (κ1) is 15.3. The first-order chi connectivity index (χ1) is 8.61. The first-order valence-electron chi connectivity index (χ1n) is 6.13. The Morgan fingerprint density at radius 2 is 1.84 bits per heavy atom. The van der Waals surface area contributed by atoms with Crippen molar-refractivity contribution < 1.29 is 24.2 Å². The predicted octanol–water partition coefficient (Wildman–Crippen LogP) is 0.572. The number of likely N-dealkylation sites (tertiary alicyclic amines) is 1. The summed E-state index contributed by atoms with van der Waals surface area (Å²) in [5.74, 6) is -2.16. The third-order valence-corrected chi connectivity index (χ3v) is 2.90. The summed E-state index contributed by atoms with van der Waals surface area (Å²) in [5, 5.41) is 9.12. The van der Waals surface area contributed by atoms with Gasteiger partial charge in [-0.2, -0.15) is 0 Å². The maximum absolute atomic E-state index is 12.0. The molecule has 1 rings (SSSR count). The van der Waals surface area contributed by atoms with E-state index >= 15 is 0 Å². The zero-order valence-electron chi connectivity index (χ0n) is 11.4. The summed E-state index contributed by atoms with van der Waals surface area (Å²) in [7, 11) is 0. The number of carbonyl (C=O) groups excluding carboxylic acids is 2. The van der Waals surface area contributed by atoms with Crippen LogP contribution in [-0.4, -0.2) is 46.2 Å². The third kappa shape index (κ3) is 4.11. The van der Waals surface area contributed by atoms with E-state index in [-0.39, 0.29) is 13.0 Å². The molecule has 0 aromatic heterocycles. The Labute approximate surface area is 111 Å². The van der Waals surface area contributed by atoms with Crippen molar-refractivity contribution in [3.63, 3.8) is 0 Å². The molecule has 2 amide bonds. The van der Waals surface area contributed by atoms with Gasteiger partial charge in [0.15, 0.2) is 0 Å². The van der Waals surface area contributed by atoms with E-state index in [2.05, 4.69) is 0 Å². The van der Waals surface area contributed by atoms with Gasteiger partial charge in [0.1, 0.15) is 11.6 Å². The van der Waals surface area contributed by atoms with E-state index < -0.39 is 35.5 Å². The predicted molar refractivity (Wildman–Crippen MR) is 66.3 cm³/mol. The van der Waals surface area contributed by atoms with Crippen LogP contribution in [0.1, 0.15) is 33.6 Å². The Kier molecular flexibility index (Phi) is 4.39. The SMILES string of the molecule is CC(C)(C)OC(=O)N1CC(C(N)=O)CCC1C(=O)O. The molecule has 0 saturated carbocycles. The second-order valence-corrected chi connectivity index (χ2v) is 5.66. The number of carbonyl (C=O) groups is 3. The second-order valence-electron chi connectivity index (χ2n) is 5.66. The molecule has 2 unspecified atom stereocenters. The summed E-state index contributed by atoms with van der Waals surface area (Å²) in [6, 6.07) is -0.967. The molecule has 7 heteroatoms. The summed E-state index contributed by atoms with van der Waals surface area (Å²) in [5.41, 5.74) is 4.49. The molecular weight excluding hydrogens is 252 g/mol. The van der Waals surface area contributed by atoms with Crippen LogP contribution in [0.2, 0.25) is 0 Å². The molecule has 0 aromatic carbocycles. The van der Waals surface area contributed by atoms with E-state index in [0.717, 1.165) is 4.90 Å². The third-order valence-electron chi connectivity index (χ3n) is 2.90. The van der Waals surface area contributed by atoms with Crippen molar-refractivity contribution in [3.05, 3.63) is 0 Å². The number of ether oxygens (including phenoxy) is 1. The molecule has 1 saturated heterocycles. The summed E-state index contributed by atoms with van der Waals surface area (Å²) >= 11 is 0. The molecule has 7 nitrogen and oxygen atoms in total. The van der Waals surface area contributed by atoms with Gasteiger partial charge in [-0.3, -0.25) is 9.69 Å². The minimum atomic E-state index is -1.10. The van der Waals surface area contributed by atoms with Crippen molar-refractivity contribution in [2.24, 2.45) is 11.7 Å². The maximum atomic E-state index is 12.0. The maximum Gasteiger partial charge on any atom is 0.411 e. The highest BCUT2D eigenvalue weighted by molar-refractivity contribution is 5.83. The number of primary amides is 1. The molecule has 2 atom stereocenters. The fourth-order valence-electron chi connectivity index (χ4n) is 1.98. The number of hydrogen-bond donors (Lipinski definition) is 2. The van der Waals surface area contributed by atoms with Gasteiger partial charge in [-0.25, -0.2) is 9.59 Å². The van der Waals surface area contributed by atoms with Gasteiger partial charge in [-0.15, -0.1) is 0 Å². The lowest BCUT2D eigenvalue weighted by molar-refractivity contribution is -0.146. The number of amides is 2. The average molecular weight is 272 g/mol. The number of piperidine rings is 1. The molecular formula is C12H20N2O5. The summed E-state index contributed by atoms with van der Waals surface area (Å²) < 4.78 is 5.16. The monoisotopic (exact) mass is 272 g/mol. The fourth-order valence-corrected chi connectivity index (χ4v) is 1.98. The molecule has 1 heterocycles. The van der Waals surface area contributed by atoms with Crippen LogP contribution in [0, 0.1) is 5.92 Å². The Morgan fingerprint density at radius 1 is 1.26 bits per heavy atom. The molecule has 0 spiro atoms. The molecule has 0 aromatic rings. The number of carboxylic acid groups (broad SMARTS) is 1. The van der Waals surface area contributed by atoms with Gasteiger partial charge in [-0.1, -0.05) is 0 Å². The van der Waals surface area contributed by atoms with Gasteiger partial charge in [0, 0.05) is 6.54 Å². The van der Waals surface area contributed by atoms with E-state index in [1.165, 1.54) is 0 Å². The molecule has 0 aliphatic carbocycles. The van der Waals surface area contributed by atoms with Crippen molar-refractivity contribution in [2.45, 2.75) is 45.3 Å². The standard InChI is InChI=1S/C12H20N2O5/c1-12(2,3)19-11(18)14-6-7(9(13)15)4-5-8(14)10(16)17/h7-8H,4-6H2,1-3H3,(H2,13,15)(H,16,17).